The Labute approximate surface area is 214 Å². The number of rotatable bonds is 7. The molecule has 0 atom stereocenters. The number of nitro groups is 1. The van der Waals surface area contributed by atoms with Gasteiger partial charge in [-0.25, -0.2) is 8.42 Å². The monoisotopic (exact) mass is 546 g/mol. The highest BCUT2D eigenvalue weighted by molar-refractivity contribution is 7.92. The van der Waals surface area contributed by atoms with Crippen LogP contribution in [0.2, 0.25) is 0 Å². The SMILES string of the molecule is COC(=O)Cn1c(=NC(=O)CS(=O)(=O)CC(=O)N2CCCc3ccccc32)sc2cc([N+](=O)[O-])ccc21. The number of anilines is 1. The number of sulfone groups is 1. The summed E-state index contributed by atoms with van der Waals surface area (Å²) >= 11 is 0.884. The molecule has 2 amide bonds. The molecule has 14 heteroatoms. The molecule has 1 aliphatic rings. The van der Waals surface area contributed by atoms with E-state index in [2.05, 4.69) is 9.73 Å². The quantitative estimate of drug-likeness (QED) is 0.246. The number of benzene rings is 2. The van der Waals surface area contributed by atoms with Crippen LogP contribution in [0.1, 0.15) is 12.0 Å². The smallest absolute Gasteiger partial charge is 0.325 e. The van der Waals surface area contributed by atoms with Crippen molar-refractivity contribution in [1.82, 2.24) is 4.57 Å². The number of aromatic nitrogens is 1. The van der Waals surface area contributed by atoms with Crippen molar-refractivity contribution in [2.75, 3.05) is 30.1 Å². The largest absolute Gasteiger partial charge is 0.468 e. The van der Waals surface area contributed by atoms with Gasteiger partial charge in [0.25, 0.3) is 11.6 Å². The first-order valence-electron chi connectivity index (χ1n) is 11.1. The number of non-ortho nitro benzene ring substituents is 1. The second-order valence-corrected chi connectivity index (χ2v) is 11.3. The van der Waals surface area contributed by atoms with Gasteiger partial charge in [0, 0.05) is 24.4 Å². The third kappa shape index (κ3) is 5.91. The molecule has 37 heavy (non-hydrogen) atoms. The first-order valence-corrected chi connectivity index (χ1v) is 13.7. The summed E-state index contributed by atoms with van der Waals surface area (Å²) in [5, 5.41) is 11.1. The minimum atomic E-state index is -4.16. The van der Waals surface area contributed by atoms with E-state index in [1.165, 1.54) is 34.8 Å². The average Bonchev–Trinajstić information content (AvgIpc) is 3.18. The van der Waals surface area contributed by atoms with Crippen molar-refractivity contribution in [3.05, 3.63) is 62.9 Å². The predicted molar refractivity (Wildman–Crippen MR) is 135 cm³/mol. The molecule has 0 aliphatic carbocycles. The molecule has 2 heterocycles. The van der Waals surface area contributed by atoms with Crippen LogP contribution in [-0.4, -0.2) is 60.9 Å². The van der Waals surface area contributed by atoms with Crippen LogP contribution in [0.3, 0.4) is 0 Å². The van der Waals surface area contributed by atoms with Gasteiger partial charge in [0.15, 0.2) is 14.6 Å². The van der Waals surface area contributed by atoms with Gasteiger partial charge in [0.05, 0.1) is 22.2 Å². The molecule has 3 aromatic rings. The highest BCUT2D eigenvalue weighted by atomic mass is 32.2. The fourth-order valence-corrected chi connectivity index (χ4v) is 6.20. The maximum atomic E-state index is 12.8. The summed E-state index contributed by atoms with van der Waals surface area (Å²) < 4.78 is 31.8. The molecular weight excluding hydrogens is 524 g/mol. The minimum Gasteiger partial charge on any atom is -0.468 e. The molecule has 2 aromatic carbocycles. The Kier molecular flexibility index (Phi) is 7.50. The topological polar surface area (TPSA) is 158 Å². The van der Waals surface area contributed by atoms with Crippen LogP contribution in [0.5, 0.6) is 0 Å². The number of carbonyl (C=O) groups excluding carboxylic acids is 3. The van der Waals surface area contributed by atoms with Crippen molar-refractivity contribution in [2.45, 2.75) is 19.4 Å². The zero-order valence-electron chi connectivity index (χ0n) is 19.7. The number of ether oxygens (including phenoxy) is 1. The highest BCUT2D eigenvalue weighted by Gasteiger charge is 2.28. The second kappa shape index (κ2) is 10.6. The first kappa shape index (κ1) is 26.2. The molecule has 12 nitrogen and oxygen atoms in total. The summed E-state index contributed by atoms with van der Waals surface area (Å²) in [6.07, 6.45) is 1.48. The molecule has 194 valence electrons. The van der Waals surface area contributed by atoms with E-state index in [0.29, 0.717) is 28.9 Å². The summed E-state index contributed by atoms with van der Waals surface area (Å²) in [5.74, 6) is -4.20. The molecule has 0 fully saturated rings. The van der Waals surface area contributed by atoms with Crippen molar-refractivity contribution < 1.29 is 32.5 Å². The molecule has 0 saturated heterocycles. The lowest BCUT2D eigenvalue weighted by Crippen LogP contribution is -2.40. The number of para-hydroxylation sites is 1. The van der Waals surface area contributed by atoms with Crippen LogP contribution in [0.25, 0.3) is 10.2 Å². The van der Waals surface area contributed by atoms with E-state index in [1.807, 2.05) is 12.1 Å². The van der Waals surface area contributed by atoms with E-state index in [9.17, 15) is 32.9 Å². The van der Waals surface area contributed by atoms with Crippen LogP contribution in [-0.2, 0) is 41.9 Å². The lowest BCUT2D eigenvalue weighted by molar-refractivity contribution is -0.384. The van der Waals surface area contributed by atoms with Crippen molar-refractivity contribution in [3.63, 3.8) is 0 Å². The summed E-state index contributed by atoms with van der Waals surface area (Å²) in [6.45, 7) is 0.0329. The van der Waals surface area contributed by atoms with Gasteiger partial charge >= 0.3 is 5.97 Å². The highest BCUT2D eigenvalue weighted by Crippen LogP contribution is 2.27. The normalized spacial score (nSPS) is 13.9. The summed E-state index contributed by atoms with van der Waals surface area (Å²) in [4.78, 5) is 53.2. The third-order valence-corrected chi connectivity index (χ3v) is 8.13. The lowest BCUT2D eigenvalue weighted by atomic mass is 10.0. The Morgan fingerprint density at radius 2 is 1.92 bits per heavy atom. The molecule has 0 radical (unpaired) electrons. The van der Waals surface area contributed by atoms with E-state index in [-0.39, 0.29) is 17.0 Å². The van der Waals surface area contributed by atoms with Gasteiger partial charge < -0.3 is 14.2 Å². The number of hydrogen-bond donors (Lipinski definition) is 0. The lowest BCUT2D eigenvalue weighted by Gasteiger charge is -2.29. The van der Waals surface area contributed by atoms with E-state index in [1.54, 1.807) is 12.1 Å². The molecule has 0 saturated carbocycles. The standard InChI is InChI=1S/C23H22N4O8S2/c1-35-22(30)12-26-18-9-8-16(27(31)32)11-19(18)36-23(26)24-20(28)13-37(33,34)14-21(29)25-10-4-6-15-5-2-3-7-17(15)25/h2-3,5,7-9,11H,4,6,10,12-14H2,1H3. The number of fused-ring (bicyclic) bond motifs is 2. The second-order valence-electron chi connectivity index (χ2n) is 8.27. The number of nitro benzene ring substituents is 1. The molecule has 0 spiro atoms. The van der Waals surface area contributed by atoms with Crippen LogP contribution in [0, 0.1) is 10.1 Å². The number of methoxy groups -OCH3 is 1. The summed E-state index contributed by atoms with van der Waals surface area (Å²) in [7, 11) is -2.99. The molecule has 1 aliphatic heterocycles. The van der Waals surface area contributed by atoms with Gasteiger partial charge in [-0.2, -0.15) is 4.99 Å². The number of carbonyl (C=O) groups is 3. The van der Waals surface area contributed by atoms with E-state index < -0.39 is 44.0 Å². The summed E-state index contributed by atoms with van der Waals surface area (Å²) in [6, 6.07) is 11.2. The van der Waals surface area contributed by atoms with Crippen LogP contribution >= 0.6 is 11.3 Å². The zero-order valence-corrected chi connectivity index (χ0v) is 21.3. The van der Waals surface area contributed by atoms with E-state index in [0.717, 1.165) is 23.3 Å². The van der Waals surface area contributed by atoms with Crippen molar-refractivity contribution in [3.8, 4) is 0 Å². The van der Waals surface area contributed by atoms with Crippen LogP contribution < -0.4 is 9.70 Å². The number of aryl methyl sites for hydroxylation is 1. The van der Waals surface area contributed by atoms with Crippen LogP contribution in [0.15, 0.2) is 47.5 Å². The number of esters is 1. The van der Waals surface area contributed by atoms with E-state index in [4.69, 9.17) is 0 Å². The first-order chi connectivity index (χ1) is 17.6. The zero-order chi connectivity index (χ0) is 26.7. The molecular formula is C23H22N4O8S2. The fraction of sp³-hybridized carbons (Fsp3) is 0.304. The number of amides is 2. The Morgan fingerprint density at radius 1 is 1.16 bits per heavy atom. The van der Waals surface area contributed by atoms with Gasteiger partial charge in [-0.3, -0.25) is 24.5 Å². The molecule has 1 aromatic heterocycles. The maximum Gasteiger partial charge on any atom is 0.325 e. The maximum absolute atomic E-state index is 12.8. The van der Waals surface area contributed by atoms with Crippen molar-refractivity contribution in [2.24, 2.45) is 4.99 Å². The molecule has 0 N–H and O–H groups in total. The average molecular weight is 547 g/mol. The Morgan fingerprint density at radius 3 is 2.65 bits per heavy atom. The van der Waals surface area contributed by atoms with Gasteiger partial charge in [-0.05, 0) is 30.5 Å². The minimum absolute atomic E-state index is 0.0302. The van der Waals surface area contributed by atoms with E-state index >= 15 is 0 Å². The third-order valence-electron chi connectivity index (χ3n) is 5.71. The number of thiazole rings is 1. The fourth-order valence-electron chi connectivity index (χ4n) is 4.04. The van der Waals surface area contributed by atoms with Crippen LogP contribution in [0.4, 0.5) is 11.4 Å². The molecule has 0 unspecified atom stereocenters. The van der Waals surface area contributed by atoms with Gasteiger partial charge in [-0.1, -0.05) is 29.5 Å². The molecule has 0 bridgehead atoms. The van der Waals surface area contributed by atoms with Gasteiger partial charge in [0.1, 0.15) is 18.1 Å². The number of hydrogen-bond acceptors (Lipinski definition) is 9. The Bertz CT molecular complexity index is 1590. The van der Waals surface area contributed by atoms with Gasteiger partial charge in [-0.15, -0.1) is 0 Å². The predicted octanol–water partition coefficient (Wildman–Crippen LogP) is 1.61. The summed E-state index contributed by atoms with van der Waals surface area (Å²) in [5.41, 5.74) is 1.80. The molecule has 4 rings (SSSR count). The van der Waals surface area contributed by atoms with Gasteiger partial charge in [0.2, 0.25) is 5.91 Å². The van der Waals surface area contributed by atoms with Crippen molar-refractivity contribution in [1.29, 1.82) is 0 Å². The number of nitrogens with zero attached hydrogens (tertiary/aromatic N) is 4. The Hall–Kier alpha value is -3.91. The Balaban J connectivity index is 1.58. The van der Waals surface area contributed by atoms with Crippen molar-refractivity contribution >= 4 is 60.5 Å².